The van der Waals surface area contributed by atoms with E-state index in [1.165, 1.54) is 5.56 Å². The molecule has 0 atom stereocenters. The normalized spacial score (nSPS) is 17.0. The smallest absolute Gasteiger partial charge is 0.254 e. The summed E-state index contributed by atoms with van der Waals surface area (Å²) in [5.74, 6) is 0.185. The van der Waals surface area contributed by atoms with Gasteiger partial charge in [-0.15, -0.1) is 0 Å². The van der Waals surface area contributed by atoms with Crippen molar-refractivity contribution in [3.05, 3.63) is 34.9 Å². The average Bonchev–Trinajstić information content (AvgIpc) is 2.41. The molecule has 2 rings (SSSR count). The molecule has 1 fully saturated rings. The van der Waals surface area contributed by atoms with Gasteiger partial charge in [-0.1, -0.05) is 12.1 Å². The first-order valence-electron chi connectivity index (χ1n) is 7.10. The van der Waals surface area contributed by atoms with E-state index in [2.05, 4.69) is 31.7 Å². The minimum atomic E-state index is 0.185. The Morgan fingerprint density at radius 3 is 2.32 bits per heavy atom. The van der Waals surface area contributed by atoms with E-state index in [0.29, 0.717) is 6.04 Å². The second kappa shape index (κ2) is 5.74. The van der Waals surface area contributed by atoms with E-state index in [1.54, 1.807) is 0 Å². The second-order valence-corrected chi connectivity index (χ2v) is 5.67. The molecule has 1 aliphatic rings. The maximum Gasteiger partial charge on any atom is 0.254 e. The van der Waals surface area contributed by atoms with Gasteiger partial charge in [0.25, 0.3) is 5.91 Å². The van der Waals surface area contributed by atoms with Crippen LogP contribution in [0.25, 0.3) is 0 Å². The Morgan fingerprint density at radius 1 is 1.11 bits per heavy atom. The summed E-state index contributed by atoms with van der Waals surface area (Å²) in [5, 5.41) is 0. The molecule has 0 aromatic heterocycles. The number of amides is 1. The fourth-order valence-corrected chi connectivity index (χ4v) is 2.59. The lowest BCUT2D eigenvalue weighted by Crippen LogP contribution is -2.50. The minimum Gasteiger partial charge on any atom is -0.336 e. The van der Waals surface area contributed by atoms with Crippen molar-refractivity contribution in [1.82, 2.24) is 9.80 Å². The lowest BCUT2D eigenvalue weighted by molar-refractivity contribution is 0.0594. The molecule has 1 aliphatic heterocycles. The molecule has 3 nitrogen and oxygen atoms in total. The number of benzene rings is 1. The van der Waals surface area contributed by atoms with Gasteiger partial charge in [-0.2, -0.15) is 0 Å². The van der Waals surface area contributed by atoms with Gasteiger partial charge in [0.15, 0.2) is 0 Å². The first-order chi connectivity index (χ1) is 9.00. The summed E-state index contributed by atoms with van der Waals surface area (Å²) in [6.45, 7) is 12.2. The number of carbonyl (C=O) groups is 1. The third kappa shape index (κ3) is 2.98. The Kier molecular flexibility index (Phi) is 4.25. The fourth-order valence-electron chi connectivity index (χ4n) is 2.59. The Morgan fingerprint density at radius 2 is 1.74 bits per heavy atom. The van der Waals surface area contributed by atoms with Gasteiger partial charge in [0.05, 0.1) is 0 Å². The summed E-state index contributed by atoms with van der Waals surface area (Å²) in [6.07, 6.45) is 0. The highest BCUT2D eigenvalue weighted by molar-refractivity contribution is 5.96. The van der Waals surface area contributed by atoms with Gasteiger partial charge in [-0.05, 0) is 44.9 Å². The summed E-state index contributed by atoms with van der Waals surface area (Å²) >= 11 is 0. The molecule has 0 spiro atoms. The van der Waals surface area contributed by atoms with E-state index >= 15 is 0 Å². The van der Waals surface area contributed by atoms with Crippen LogP contribution in [0.15, 0.2) is 18.2 Å². The molecular weight excluding hydrogens is 236 g/mol. The number of piperazine rings is 1. The number of rotatable bonds is 2. The average molecular weight is 260 g/mol. The van der Waals surface area contributed by atoms with Crippen LogP contribution in [-0.2, 0) is 0 Å². The lowest BCUT2D eigenvalue weighted by Gasteiger charge is -2.37. The quantitative estimate of drug-likeness (QED) is 0.815. The zero-order valence-corrected chi connectivity index (χ0v) is 12.4. The maximum atomic E-state index is 12.6. The van der Waals surface area contributed by atoms with Gasteiger partial charge in [-0.3, -0.25) is 9.69 Å². The zero-order valence-electron chi connectivity index (χ0n) is 12.4. The SMILES string of the molecule is Cc1cccc(C(=O)N2CCN(C(C)C)CC2)c1C. The van der Waals surface area contributed by atoms with E-state index in [-0.39, 0.29) is 5.91 Å². The van der Waals surface area contributed by atoms with Crippen LogP contribution in [-0.4, -0.2) is 47.9 Å². The number of hydrogen-bond acceptors (Lipinski definition) is 2. The van der Waals surface area contributed by atoms with Crippen molar-refractivity contribution in [2.75, 3.05) is 26.2 Å². The Bertz CT molecular complexity index is 460. The zero-order chi connectivity index (χ0) is 14.0. The Hall–Kier alpha value is -1.35. The molecule has 1 saturated heterocycles. The molecular formula is C16H24N2O. The number of nitrogens with zero attached hydrogens (tertiary/aromatic N) is 2. The van der Waals surface area contributed by atoms with Crippen LogP contribution in [0, 0.1) is 13.8 Å². The topological polar surface area (TPSA) is 23.6 Å². The van der Waals surface area contributed by atoms with Gasteiger partial charge in [-0.25, -0.2) is 0 Å². The van der Waals surface area contributed by atoms with E-state index in [0.717, 1.165) is 37.3 Å². The number of aryl methyl sites for hydroxylation is 1. The van der Waals surface area contributed by atoms with Gasteiger partial charge >= 0.3 is 0 Å². The van der Waals surface area contributed by atoms with Crippen LogP contribution in [0.3, 0.4) is 0 Å². The number of hydrogen-bond donors (Lipinski definition) is 0. The van der Waals surface area contributed by atoms with Crippen molar-refractivity contribution in [3.63, 3.8) is 0 Å². The molecule has 0 aliphatic carbocycles. The Balaban J connectivity index is 2.07. The molecule has 1 amide bonds. The lowest BCUT2D eigenvalue weighted by atomic mass is 10.0. The summed E-state index contributed by atoms with van der Waals surface area (Å²) in [4.78, 5) is 17.0. The van der Waals surface area contributed by atoms with Crippen molar-refractivity contribution in [2.24, 2.45) is 0 Å². The molecule has 0 radical (unpaired) electrons. The van der Waals surface area contributed by atoms with E-state index < -0.39 is 0 Å². The van der Waals surface area contributed by atoms with Gasteiger partial charge in [0.2, 0.25) is 0 Å². The molecule has 0 bridgehead atoms. The summed E-state index contributed by atoms with van der Waals surface area (Å²) in [7, 11) is 0. The predicted molar refractivity (Wildman–Crippen MR) is 78.5 cm³/mol. The predicted octanol–water partition coefficient (Wildman–Crippen LogP) is 2.47. The molecule has 19 heavy (non-hydrogen) atoms. The molecule has 1 aromatic carbocycles. The molecule has 104 valence electrons. The molecule has 1 aromatic rings. The number of carbonyl (C=O) groups excluding carboxylic acids is 1. The van der Waals surface area contributed by atoms with Crippen molar-refractivity contribution in [1.29, 1.82) is 0 Å². The second-order valence-electron chi connectivity index (χ2n) is 5.67. The van der Waals surface area contributed by atoms with Gasteiger partial charge < -0.3 is 4.90 Å². The van der Waals surface area contributed by atoms with E-state index in [1.807, 2.05) is 24.0 Å². The van der Waals surface area contributed by atoms with Crippen LogP contribution in [0.4, 0.5) is 0 Å². The molecule has 3 heteroatoms. The minimum absolute atomic E-state index is 0.185. The fraction of sp³-hybridized carbons (Fsp3) is 0.562. The van der Waals surface area contributed by atoms with Gasteiger partial charge in [0.1, 0.15) is 0 Å². The van der Waals surface area contributed by atoms with Crippen molar-refractivity contribution < 1.29 is 4.79 Å². The molecule has 1 heterocycles. The van der Waals surface area contributed by atoms with Crippen LogP contribution < -0.4 is 0 Å². The monoisotopic (exact) mass is 260 g/mol. The summed E-state index contributed by atoms with van der Waals surface area (Å²) in [5.41, 5.74) is 3.16. The third-order valence-electron chi connectivity index (χ3n) is 4.17. The first-order valence-corrected chi connectivity index (χ1v) is 7.10. The van der Waals surface area contributed by atoms with Crippen LogP contribution in [0.2, 0.25) is 0 Å². The standard InChI is InChI=1S/C16H24N2O/c1-12(2)17-8-10-18(11-9-17)16(19)15-7-5-6-13(3)14(15)4/h5-7,12H,8-11H2,1-4H3. The maximum absolute atomic E-state index is 12.6. The van der Waals surface area contributed by atoms with Crippen molar-refractivity contribution in [2.45, 2.75) is 33.7 Å². The van der Waals surface area contributed by atoms with Crippen LogP contribution >= 0.6 is 0 Å². The van der Waals surface area contributed by atoms with Gasteiger partial charge in [0, 0.05) is 37.8 Å². The molecule has 0 unspecified atom stereocenters. The highest BCUT2D eigenvalue weighted by Gasteiger charge is 2.24. The largest absolute Gasteiger partial charge is 0.336 e. The highest BCUT2D eigenvalue weighted by Crippen LogP contribution is 2.16. The molecule has 0 N–H and O–H groups in total. The van der Waals surface area contributed by atoms with Crippen LogP contribution in [0.5, 0.6) is 0 Å². The molecule has 0 saturated carbocycles. The van der Waals surface area contributed by atoms with Crippen molar-refractivity contribution >= 4 is 5.91 Å². The van der Waals surface area contributed by atoms with E-state index in [9.17, 15) is 4.79 Å². The first kappa shape index (κ1) is 14.1. The van der Waals surface area contributed by atoms with Crippen LogP contribution in [0.1, 0.15) is 35.3 Å². The summed E-state index contributed by atoms with van der Waals surface area (Å²) < 4.78 is 0. The summed E-state index contributed by atoms with van der Waals surface area (Å²) in [6, 6.07) is 6.54. The van der Waals surface area contributed by atoms with E-state index in [4.69, 9.17) is 0 Å². The third-order valence-corrected chi connectivity index (χ3v) is 4.17. The Labute approximate surface area is 116 Å². The van der Waals surface area contributed by atoms with Crippen molar-refractivity contribution in [3.8, 4) is 0 Å². The highest BCUT2D eigenvalue weighted by atomic mass is 16.2.